The highest BCUT2D eigenvalue weighted by Crippen LogP contribution is 2.31. The van der Waals surface area contributed by atoms with Gasteiger partial charge in [-0.25, -0.2) is 4.79 Å². The van der Waals surface area contributed by atoms with Crippen molar-refractivity contribution in [2.24, 2.45) is 17.8 Å². The highest BCUT2D eigenvalue weighted by molar-refractivity contribution is 5.76. The molecule has 0 bridgehead atoms. The summed E-state index contributed by atoms with van der Waals surface area (Å²) in [6.07, 6.45) is 7.16. The van der Waals surface area contributed by atoms with Gasteiger partial charge in [-0.1, -0.05) is 0 Å². The standard InChI is InChI=1S/C22H39N3O3/c1-22(2,3)28-21(27)25-12-6-17(7-13-25)16-20(26)24-14-8-19(9-15-24)18-4-10-23-11-5-18/h17-19,23H,4-16H2,1-3H3. The van der Waals surface area contributed by atoms with E-state index in [1.54, 1.807) is 4.90 Å². The SMILES string of the molecule is CC(C)(C)OC(=O)N1CCC(CC(=O)N2CCC(C3CCNCC3)CC2)CC1. The Bertz CT molecular complexity index is 524. The first-order valence-electron chi connectivity index (χ1n) is 11.3. The third-order valence-corrected chi connectivity index (χ3v) is 6.67. The maximum atomic E-state index is 12.8. The van der Waals surface area contributed by atoms with Crippen molar-refractivity contribution >= 4 is 12.0 Å². The van der Waals surface area contributed by atoms with Crippen LogP contribution >= 0.6 is 0 Å². The average Bonchev–Trinajstić information content (AvgIpc) is 2.68. The van der Waals surface area contributed by atoms with Crippen LogP contribution in [0.15, 0.2) is 0 Å². The van der Waals surface area contributed by atoms with Crippen molar-refractivity contribution in [1.29, 1.82) is 0 Å². The van der Waals surface area contributed by atoms with E-state index in [9.17, 15) is 9.59 Å². The van der Waals surface area contributed by atoms with Crippen molar-refractivity contribution in [3.8, 4) is 0 Å². The maximum Gasteiger partial charge on any atom is 0.410 e. The molecule has 0 aromatic rings. The Kier molecular flexibility index (Phi) is 7.24. The summed E-state index contributed by atoms with van der Waals surface area (Å²) in [5.41, 5.74) is -0.454. The minimum absolute atomic E-state index is 0.225. The molecule has 0 spiro atoms. The highest BCUT2D eigenvalue weighted by Gasteiger charge is 2.32. The second-order valence-electron chi connectivity index (χ2n) is 9.92. The Labute approximate surface area is 170 Å². The zero-order chi connectivity index (χ0) is 20.1. The fraction of sp³-hybridized carbons (Fsp3) is 0.909. The normalized spacial score (nSPS) is 23.7. The van der Waals surface area contributed by atoms with E-state index in [1.165, 1.54) is 25.7 Å². The summed E-state index contributed by atoms with van der Waals surface area (Å²) in [5, 5.41) is 3.45. The van der Waals surface area contributed by atoms with Crippen molar-refractivity contribution in [2.75, 3.05) is 39.3 Å². The lowest BCUT2D eigenvalue weighted by molar-refractivity contribution is -0.134. The van der Waals surface area contributed by atoms with Gasteiger partial charge in [0.2, 0.25) is 5.91 Å². The lowest BCUT2D eigenvalue weighted by atomic mass is 9.79. The maximum absolute atomic E-state index is 12.8. The van der Waals surface area contributed by atoms with Crippen molar-refractivity contribution in [3.05, 3.63) is 0 Å². The van der Waals surface area contributed by atoms with Gasteiger partial charge in [-0.2, -0.15) is 0 Å². The van der Waals surface area contributed by atoms with Gasteiger partial charge in [-0.15, -0.1) is 0 Å². The third kappa shape index (κ3) is 6.10. The number of carbonyl (C=O) groups is 2. The van der Waals surface area contributed by atoms with Crippen LogP contribution in [0, 0.1) is 17.8 Å². The number of ether oxygens (including phenoxy) is 1. The number of amides is 2. The van der Waals surface area contributed by atoms with Crippen LogP contribution in [0.3, 0.4) is 0 Å². The quantitative estimate of drug-likeness (QED) is 0.799. The van der Waals surface area contributed by atoms with E-state index < -0.39 is 5.60 Å². The predicted octanol–water partition coefficient (Wildman–Crippen LogP) is 3.26. The van der Waals surface area contributed by atoms with Crippen molar-refractivity contribution in [3.63, 3.8) is 0 Å². The van der Waals surface area contributed by atoms with Gasteiger partial charge in [-0.3, -0.25) is 4.79 Å². The number of nitrogens with zero attached hydrogens (tertiary/aromatic N) is 2. The molecule has 3 fully saturated rings. The van der Waals surface area contributed by atoms with Crippen molar-refractivity contribution in [2.45, 2.75) is 71.3 Å². The van der Waals surface area contributed by atoms with Crippen LogP contribution in [0.5, 0.6) is 0 Å². The molecule has 0 aromatic carbocycles. The Morgan fingerprint density at radius 2 is 1.39 bits per heavy atom. The van der Waals surface area contributed by atoms with Gasteiger partial charge in [0.15, 0.2) is 0 Å². The Morgan fingerprint density at radius 3 is 1.96 bits per heavy atom. The molecule has 3 saturated heterocycles. The van der Waals surface area contributed by atoms with E-state index in [1.807, 2.05) is 20.8 Å². The molecule has 0 unspecified atom stereocenters. The van der Waals surface area contributed by atoms with Crippen molar-refractivity contribution < 1.29 is 14.3 Å². The number of carbonyl (C=O) groups excluding carboxylic acids is 2. The molecule has 3 aliphatic rings. The molecule has 6 nitrogen and oxygen atoms in total. The van der Waals surface area contributed by atoms with Crippen LogP contribution in [0.1, 0.15) is 65.7 Å². The molecular weight excluding hydrogens is 354 g/mol. The number of hydrogen-bond donors (Lipinski definition) is 1. The molecule has 0 aliphatic carbocycles. The van der Waals surface area contributed by atoms with E-state index in [0.717, 1.165) is 50.9 Å². The molecule has 3 rings (SSSR count). The smallest absolute Gasteiger partial charge is 0.410 e. The monoisotopic (exact) mass is 393 g/mol. The largest absolute Gasteiger partial charge is 0.444 e. The van der Waals surface area contributed by atoms with Crippen LogP contribution in [0.25, 0.3) is 0 Å². The van der Waals surface area contributed by atoms with Crippen LogP contribution in [0.2, 0.25) is 0 Å². The predicted molar refractivity (Wildman–Crippen MR) is 110 cm³/mol. The second kappa shape index (κ2) is 9.47. The summed E-state index contributed by atoms with van der Waals surface area (Å²) < 4.78 is 5.46. The second-order valence-corrected chi connectivity index (χ2v) is 9.92. The van der Waals surface area contributed by atoms with E-state index in [4.69, 9.17) is 4.74 Å². The molecule has 3 aliphatic heterocycles. The summed E-state index contributed by atoms with van der Waals surface area (Å²) in [6.45, 7) is 11.3. The molecule has 160 valence electrons. The van der Waals surface area contributed by atoms with Gasteiger partial charge >= 0.3 is 6.09 Å². The number of piperidine rings is 3. The topological polar surface area (TPSA) is 61.9 Å². The molecule has 1 N–H and O–H groups in total. The number of hydrogen-bond acceptors (Lipinski definition) is 4. The lowest BCUT2D eigenvalue weighted by Gasteiger charge is -2.38. The number of likely N-dealkylation sites (tertiary alicyclic amines) is 2. The molecule has 0 saturated carbocycles. The van der Waals surface area contributed by atoms with Crippen molar-refractivity contribution in [1.82, 2.24) is 15.1 Å². The fourth-order valence-electron chi connectivity index (χ4n) is 4.96. The lowest BCUT2D eigenvalue weighted by Crippen LogP contribution is -2.44. The highest BCUT2D eigenvalue weighted by atomic mass is 16.6. The molecule has 0 radical (unpaired) electrons. The molecule has 0 aromatic heterocycles. The first-order valence-corrected chi connectivity index (χ1v) is 11.3. The van der Waals surface area contributed by atoms with Crippen LogP contribution in [-0.4, -0.2) is 66.7 Å². The van der Waals surface area contributed by atoms with E-state index >= 15 is 0 Å². The summed E-state index contributed by atoms with van der Waals surface area (Å²) >= 11 is 0. The van der Waals surface area contributed by atoms with E-state index in [2.05, 4.69) is 10.2 Å². The zero-order valence-electron chi connectivity index (χ0n) is 18.0. The van der Waals surface area contributed by atoms with Gasteiger partial charge < -0.3 is 19.9 Å². The van der Waals surface area contributed by atoms with Crippen LogP contribution in [-0.2, 0) is 9.53 Å². The Hall–Kier alpha value is -1.30. The Morgan fingerprint density at radius 1 is 0.857 bits per heavy atom. The average molecular weight is 394 g/mol. The molecule has 3 heterocycles. The molecule has 28 heavy (non-hydrogen) atoms. The molecule has 2 amide bonds. The number of nitrogens with one attached hydrogen (secondary N) is 1. The zero-order valence-corrected chi connectivity index (χ0v) is 18.0. The van der Waals surface area contributed by atoms with Gasteiger partial charge in [0.25, 0.3) is 0 Å². The Balaban J connectivity index is 1.36. The molecule has 0 atom stereocenters. The molecule has 6 heteroatoms. The van der Waals surface area contributed by atoms with Gasteiger partial charge in [0, 0.05) is 32.6 Å². The number of rotatable bonds is 3. The van der Waals surface area contributed by atoms with Gasteiger partial charge in [-0.05, 0) is 90.1 Å². The van der Waals surface area contributed by atoms with E-state index in [-0.39, 0.29) is 6.09 Å². The molecular formula is C22H39N3O3. The summed E-state index contributed by atoms with van der Waals surface area (Å²) in [4.78, 5) is 28.8. The minimum atomic E-state index is -0.454. The minimum Gasteiger partial charge on any atom is -0.444 e. The van der Waals surface area contributed by atoms with E-state index in [0.29, 0.717) is 31.3 Å². The summed E-state index contributed by atoms with van der Waals surface area (Å²) in [7, 11) is 0. The fourth-order valence-corrected chi connectivity index (χ4v) is 4.96. The van der Waals surface area contributed by atoms with Crippen LogP contribution < -0.4 is 5.32 Å². The van der Waals surface area contributed by atoms with Gasteiger partial charge in [0.05, 0.1) is 0 Å². The third-order valence-electron chi connectivity index (χ3n) is 6.67. The summed E-state index contributed by atoms with van der Waals surface area (Å²) in [6, 6.07) is 0. The van der Waals surface area contributed by atoms with Gasteiger partial charge in [0.1, 0.15) is 5.60 Å². The first kappa shape index (κ1) is 21.4. The summed E-state index contributed by atoms with van der Waals surface area (Å²) in [5.74, 6) is 2.38. The first-order chi connectivity index (χ1) is 13.3. The van der Waals surface area contributed by atoms with Crippen LogP contribution in [0.4, 0.5) is 4.79 Å².